The van der Waals surface area contributed by atoms with E-state index in [0.717, 1.165) is 11.1 Å². The van der Waals surface area contributed by atoms with Crippen molar-refractivity contribution in [3.8, 4) is 0 Å². The van der Waals surface area contributed by atoms with Gasteiger partial charge in [0.15, 0.2) is 0 Å². The lowest BCUT2D eigenvalue weighted by atomic mass is 10.0. The molecule has 4 rings (SSSR count). The molecular formula is C31H36N4O6. The van der Waals surface area contributed by atoms with Crippen LogP contribution in [0.15, 0.2) is 72.8 Å². The zero-order valence-electron chi connectivity index (χ0n) is 23.1. The maximum atomic E-state index is 13.8. The Labute approximate surface area is 239 Å². The molecule has 4 atom stereocenters. The molecule has 0 unspecified atom stereocenters. The van der Waals surface area contributed by atoms with Crippen molar-refractivity contribution in [1.29, 1.82) is 0 Å². The van der Waals surface area contributed by atoms with Crippen LogP contribution in [0.25, 0.3) is 0 Å². The van der Waals surface area contributed by atoms with Crippen molar-refractivity contribution in [1.82, 2.24) is 20.9 Å². The molecule has 4 amide bonds. The molecule has 2 aromatic rings. The van der Waals surface area contributed by atoms with Crippen LogP contribution in [0.4, 0.5) is 0 Å². The molecule has 2 aromatic carbocycles. The SMILES string of the molecule is COC(=O)/C=C/CC[C@@H]1NC(=O)[C@H]2CCCN2C(=O)[C@H](Cc2ccccc2)NC(=O)[C@H](Cc2ccccc2)NC1=O. The molecule has 0 saturated carbocycles. The number of amides is 4. The van der Waals surface area contributed by atoms with Gasteiger partial charge in [-0.3, -0.25) is 19.2 Å². The Balaban J connectivity index is 1.64. The minimum atomic E-state index is -0.991. The topological polar surface area (TPSA) is 134 Å². The van der Waals surface area contributed by atoms with E-state index in [0.29, 0.717) is 25.8 Å². The smallest absolute Gasteiger partial charge is 0.330 e. The van der Waals surface area contributed by atoms with E-state index < -0.39 is 47.9 Å². The molecular weight excluding hydrogens is 524 g/mol. The largest absolute Gasteiger partial charge is 0.466 e. The van der Waals surface area contributed by atoms with Crippen LogP contribution in [0.1, 0.15) is 36.8 Å². The molecule has 0 bridgehead atoms. The second kappa shape index (κ2) is 14.2. The normalized spacial score (nSPS) is 23.6. The molecule has 0 aromatic heterocycles. The summed E-state index contributed by atoms with van der Waals surface area (Å²) in [5.74, 6) is -2.27. The summed E-state index contributed by atoms with van der Waals surface area (Å²) >= 11 is 0. The van der Waals surface area contributed by atoms with E-state index in [1.807, 2.05) is 60.7 Å². The van der Waals surface area contributed by atoms with E-state index in [1.54, 1.807) is 6.08 Å². The first kappa shape index (κ1) is 29.5. The monoisotopic (exact) mass is 560 g/mol. The van der Waals surface area contributed by atoms with Crippen molar-refractivity contribution >= 4 is 29.6 Å². The third kappa shape index (κ3) is 8.03. The number of esters is 1. The number of methoxy groups -OCH3 is 1. The fraction of sp³-hybridized carbons (Fsp3) is 0.387. The van der Waals surface area contributed by atoms with Gasteiger partial charge in [-0.1, -0.05) is 66.7 Å². The summed E-state index contributed by atoms with van der Waals surface area (Å²) in [6.45, 7) is 0.379. The van der Waals surface area contributed by atoms with Crippen LogP contribution in [-0.2, 0) is 41.6 Å². The minimum Gasteiger partial charge on any atom is -0.466 e. The van der Waals surface area contributed by atoms with Gasteiger partial charge in [-0.2, -0.15) is 0 Å². The molecule has 0 spiro atoms. The van der Waals surface area contributed by atoms with Gasteiger partial charge < -0.3 is 25.6 Å². The molecule has 2 heterocycles. The highest BCUT2D eigenvalue weighted by atomic mass is 16.5. The Morgan fingerprint density at radius 3 is 2.02 bits per heavy atom. The fourth-order valence-corrected chi connectivity index (χ4v) is 5.20. The van der Waals surface area contributed by atoms with Crippen molar-refractivity contribution in [3.63, 3.8) is 0 Å². The van der Waals surface area contributed by atoms with Crippen LogP contribution in [0.3, 0.4) is 0 Å². The average Bonchev–Trinajstić information content (AvgIpc) is 3.48. The number of hydrogen-bond donors (Lipinski definition) is 3. The standard InChI is InChI=1S/C31H36N4O6/c1-41-27(36)17-9-8-15-23-28(37)33-24(19-21-11-4-2-5-12-21)29(38)34-25(20-22-13-6-3-7-14-22)31(40)35-18-10-16-26(35)30(39)32-23/h2-7,9,11-14,17,23-26H,8,10,15-16,18-20H2,1H3,(H,32,39)(H,33,37)(H,34,38)/b17-9+/t23-,24-,25-,26+/m0/s1. The first-order valence-corrected chi connectivity index (χ1v) is 13.9. The Bertz CT molecular complexity index is 1270. The average molecular weight is 561 g/mol. The van der Waals surface area contributed by atoms with Gasteiger partial charge in [0.2, 0.25) is 23.6 Å². The highest BCUT2D eigenvalue weighted by molar-refractivity contribution is 5.98. The number of nitrogens with zero attached hydrogens (tertiary/aromatic N) is 1. The van der Waals surface area contributed by atoms with Gasteiger partial charge in [0.05, 0.1) is 7.11 Å². The molecule has 2 fully saturated rings. The van der Waals surface area contributed by atoms with E-state index in [2.05, 4.69) is 20.7 Å². The molecule has 2 aliphatic rings. The summed E-state index contributed by atoms with van der Waals surface area (Å²) in [7, 11) is 1.27. The first-order chi connectivity index (χ1) is 19.9. The summed E-state index contributed by atoms with van der Waals surface area (Å²) in [6, 6.07) is 15.0. The number of ether oxygens (including phenoxy) is 1. The van der Waals surface area contributed by atoms with Crippen molar-refractivity contribution in [2.24, 2.45) is 0 Å². The van der Waals surface area contributed by atoms with E-state index in [1.165, 1.54) is 18.1 Å². The molecule has 41 heavy (non-hydrogen) atoms. The maximum Gasteiger partial charge on any atom is 0.330 e. The Kier molecular flexibility index (Phi) is 10.3. The zero-order valence-corrected chi connectivity index (χ0v) is 23.1. The summed E-state index contributed by atoms with van der Waals surface area (Å²) in [5, 5.41) is 8.53. The van der Waals surface area contributed by atoms with Gasteiger partial charge in [-0.25, -0.2) is 4.79 Å². The number of allylic oxidation sites excluding steroid dienone is 1. The predicted molar refractivity (Wildman–Crippen MR) is 151 cm³/mol. The lowest BCUT2D eigenvalue weighted by Crippen LogP contribution is -2.61. The molecule has 10 nitrogen and oxygen atoms in total. The summed E-state index contributed by atoms with van der Waals surface area (Å²) in [6.07, 6.45) is 4.83. The number of fused-ring (bicyclic) bond motifs is 1. The third-order valence-electron chi connectivity index (χ3n) is 7.36. The molecule has 10 heteroatoms. The second-order valence-electron chi connectivity index (χ2n) is 10.3. The van der Waals surface area contributed by atoms with Crippen molar-refractivity contribution in [3.05, 3.63) is 83.9 Å². The number of carbonyl (C=O) groups is 5. The van der Waals surface area contributed by atoms with Crippen LogP contribution < -0.4 is 16.0 Å². The highest BCUT2D eigenvalue weighted by Crippen LogP contribution is 2.21. The maximum absolute atomic E-state index is 13.8. The number of carbonyl (C=O) groups excluding carboxylic acids is 5. The van der Waals surface area contributed by atoms with E-state index in [-0.39, 0.29) is 25.2 Å². The zero-order chi connectivity index (χ0) is 29.2. The fourth-order valence-electron chi connectivity index (χ4n) is 5.20. The minimum absolute atomic E-state index is 0.183. The second-order valence-corrected chi connectivity index (χ2v) is 10.3. The van der Waals surface area contributed by atoms with Gasteiger partial charge in [-0.05, 0) is 36.8 Å². The first-order valence-electron chi connectivity index (χ1n) is 13.9. The highest BCUT2D eigenvalue weighted by Gasteiger charge is 2.40. The molecule has 3 N–H and O–H groups in total. The van der Waals surface area contributed by atoms with E-state index in [4.69, 9.17) is 0 Å². The molecule has 2 saturated heterocycles. The van der Waals surface area contributed by atoms with E-state index >= 15 is 0 Å². The molecule has 2 aliphatic heterocycles. The predicted octanol–water partition coefficient (Wildman–Crippen LogP) is 1.44. The Morgan fingerprint density at radius 1 is 0.829 bits per heavy atom. The quantitative estimate of drug-likeness (QED) is 0.331. The van der Waals surface area contributed by atoms with Gasteiger partial charge >= 0.3 is 5.97 Å². The molecule has 0 radical (unpaired) electrons. The van der Waals surface area contributed by atoms with Gasteiger partial charge in [0, 0.05) is 25.5 Å². The van der Waals surface area contributed by atoms with Gasteiger partial charge in [0.25, 0.3) is 0 Å². The van der Waals surface area contributed by atoms with Gasteiger partial charge in [-0.15, -0.1) is 0 Å². The number of benzene rings is 2. The van der Waals surface area contributed by atoms with Crippen molar-refractivity contribution < 1.29 is 28.7 Å². The van der Waals surface area contributed by atoms with Crippen molar-refractivity contribution in [2.75, 3.05) is 13.7 Å². The number of hydrogen-bond acceptors (Lipinski definition) is 6. The van der Waals surface area contributed by atoms with Crippen LogP contribution in [0.2, 0.25) is 0 Å². The lowest BCUT2D eigenvalue weighted by molar-refractivity contribution is -0.143. The Hall–Kier alpha value is -4.47. The van der Waals surface area contributed by atoms with Crippen molar-refractivity contribution in [2.45, 2.75) is 62.7 Å². The number of rotatable bonds is 8. The molecule has 216 valence electrons. The Morgan fingerprint density at radius 2 is 1.39 bits per heavy atom. The van der Waals surface area contributed by atoms with Crippen LogP contribution in [-0.4, -0.2) is 72.3 Å². The number of nitrogens with one attached hydrogen (secondary N) is 3. The third-order valence-corrected chi connectivity index (χ3v) is 7.36. The van der Waals surface area contributed by atoms with Crippen LogP contribution in [0.5, 0.6) is 0 Å². The lowest BCUT2D eigenvalue weighted by Gasteiger charge is -2.32. The van der Waals surface area contributed by atoms with Crippen LogP contribution >= 0.6 is 0 Å². The summed E-state index contributed by atoms with van der Waals surface area (Å²) in [5.41, 5.74) is 1.69. The summed E-state index contributed by atoms with van der Waals surface area (Å²) < 4.78 is 4.60. The molecule has 0 aliphatic carbocycles. The van der Waals surface area contributed by atoms with Gasteiger partial charge in [0.1, 0.15) is 24.2 Å². The van der Waals surface area contributed by atoms with Crippen LogP contribution in [0, 0.1) is 0 Å². The van der Waals surface area contributed by atoms with E-state index in [9.17, 15) is 24.0 Å². The summed E-state index contributed by atoms with van der Waals surface area (Å²) in [4.78, 5) is 67.5.